The fraction of sp³-hybridized carbons (Fsp3) is 0.333. The summed E-state index contributed by atoms with van der Waals surface area (Å²) in [6.07, 6.45) is 4.45. The third-order valence-corrected chi connectivity index (χ3v) is 4.59. The zero-order valence-electron chi connectivity index (χ0n) is 14.8. The first-order valence-electron chi connectivity index (χ1n) is 8.62. The van der Waals surface area contributed by atoms with Crippen LogP contribution in [0.1, 0.15) is 12.1 Å². The van der Waals surface area contributed by atoms with Crippen molar-refractivity contribution in [1.82, 2.24) is 30.4 Å². The monoisotopic (exact) mass is 351 g/mol. The average molecular weight is 351 g/mol. The zero-order valence-corrected chi connectivity index (χ0v) is 14.8. The third kappa shape index (κ3) is 3.36. The fourth-order valence-electron chi connectivity index (χ4n) is 3.28. The van der Waals surface area contributed by atoms with Crippen molar-refractivity contribution in [2.45, 2.75) is 19.4 Å². The molecule has 2 amide bonds. The van der Waals surface area contributed by atoms with Crippen LogP contribution in [0.25, 0.3) is 22.2 Å². The van der Waals surface area contributed by atoms with Gasteiger partial charge in [0.1, 0.15) is 11.5 Å². The first-order valence-corrected chi connectivity index (χ1v) is 8.62. The van der Waals surface area contributed by atoms with Gasteiger partial charge in [-0.15, -0.1) is 0 Å². The lowest BCUT2D eigenvalue weighted by atomic mass is 10.1. The van der Waals surface area contributed by atoms with Gasteiger partial charge in [-0.25, -0.2) is 9.78 Å². The number of carbonyl (C=O) groups excluding carboxylic acids is 1. The van der Waals surface area contributed by atoms with E-state index < -0.39 is 0 Å². The molecule has 26 heavy (non-hydrogen) atoms. The summed E-state index contributed by atoms with van der Waals surface area (Å²) in [5.74, 6) is 0.488. The lowest BCUT2D eigenvalue weighted by Gasteiger charge is -2.13. The minimum absolute atomic E-state index is 0.178. The van der Waals surface area contributed by atoms with Crippen LogP contribution in [0.2, 0.25) is 0 Å². The summed E-state index contributed by atoms with van der Waals surface area (Å²) in [6, 6.07) is 5.63. The topological polar surface area (TPSA) is 98.8 Å². The maximum atomic E-state index is 12.2. The third-order valence-electron chi connectivity index (χ3n) is 4.59. The number of nitrogens with zero attached hydrogens (tertiary/aromatic N) is 4. The Morgan fingerprint density at radius 1 is 1.35 bits per heavy atom. The molecule has 0 aromatic carbocycles. The normalized spacial score (nSPS) is 17.5. The Balaban J connectivity index is 1.51. The van der Waals surface area contributed by atoms with E-state index in [9.17, 15) is 4.79 Å². The van der Waals surface area contributed by atoms with Crippen LogP contribution < -0.4 is 10.6 Å². The van der Waals surface area contributed by atoms with Gasteiger partial charge in [-0.05, 0) is 39.1 Å². The second kappa shape index (κ2) is 6.72. The van der Waals surface area contributed by atoms with E-state index in [2.05, 4.69) is 42.7 Å². The molecule has 134 valence electrons. The van der Waals surface area contributed by atoms with Gasteiger partial charge in [-0.3, -0.25) is 15.4 Å². The lowest BCUT2D eigenvalue weighted by molar-refractivity contribution is 0.248. The van der Waals surface area contributed by atoms with E-state index in [4.69, 9.17) is 0 Å². The number of fused-ring (bicyclic) bond motifs is 1. The van der Waals surface area contributed by atoms with Crippen LogP contribution in [0, 0.1) is 6.92 Å². The number of hydrogen-bond donors (Lipinski definition) is 3. The van der Waals surface area contributed by atoms with Gasteiger partial charge >= 0.3 is 6.03 Å². The molecule has 0 bridgehead atoms. The smallest absolute Gasteiger partial charge is 0.320 e. The van der Waals surface area contributed by atoms with Crippen LogP contribution in [0.4, 0.5) is 10.6 Å². The Hall–Kier alpha value is -3.00. The highest BCUT2D eigenvalue weighted by Gasteiger charge is 2.21. The summed E-state index contributed by atoms with van der Waals surface area (Å²) in [5, 5.41) is 14.1. The fourth-order valence-corrected chi connectivity index (χ4v) is 3.28. The molecule has 8 heteroatoms. The molecule has 1 aliphatic heterocycles. The number of aromatic amines is 1. The predicted molar refractivity (Wildman–Crippen MR) is 99.9 cm³/mol. The first-order chi connectivity index (χ1) is 12.6. The zero-order chi connectivity index (χ0) is 18.1. The van der Waals surface area contributed by atoms with Crippen molar-refractivity contribution in [3.8, 4) is 11.3 Å². The summed E-state index contributed by atoms with van der Waals surface area (Å²) >= 11 is 0. The number of likely N-dealkylation sites (tertiary alicyclic amines) is 1. The highest BCUT2D eigenvalue weighted by Crippen LogP contribution is 2.26. The highest BCUT2D eigenvalue weighted by atomic mass is 16.2. The van der Waals surface area contributed by atoms with E-state index in [1.54, 1.807) is 18.5 Å². The van der Waals surface area contributed by atoms with E-state index in [0.717, 1.165) is 47.4 Å². The number of rotatable bonds is 3. The summed E-state index contributed by atoms with van der Waals surface area (Å²) in [7, 11) is 2.05. The predicted octanol–water partition coefficient (Wildman–Crippen LogP) is 2.15. The number of hydrogen-bond acceptors (Lipinski definition) is 5. The van der Waals surface area contributed by atoms with Crippen LogP contribution >= 0.6 is 0 Å². The van der Waals surface area contributed by atoms with Crippen LogP contribution in [0.15, 0.2) is 30.6 Å². The van der Waals surface area contributed by atoms with Crippen molar-refractivity contribution in [2.24, 2.45) is 0 Å². The van der Waals surface area contributed by atoms with Crippen molar-refractivity contribution in [3.63, 3.8) is 0 Å². The van der Waals surface area contributed by atoms with Gasteiger partial charge in [0, 0.05) is 47.7 Å². The minimum Gasteiger partial charge on any atom is -0.334 e. The number of nitrogens with one attached hydrogen (secondary N) is 3. The molecule has 1 unspecified atom stereocenters. The SMILES string of the molecule is Cc1cc(-c2n[nH]c3cc(NC(=O)NC4CCN(C)C4)ncc23)ccn1. The number of aryl methyl sites for hydroxylation is 1. The Morgan fingerprint density at radius 3 is 3.00 bits per heavy atom. The largest absolute Gasteiger partial charge is 0.334 e. The molecule has 4 rings (SSSR count). The standard InChI is InChI=1S/C18H21N7O/c1-11-7-12(3-5-19-11)17-14-9-20-16(8-15(14)23-24-17)22-18(26)21-13-4-6-25(2)10-13/h3,5,7-9,13H,4,6,10H2,1-2H3,(H,23,24)(H2,20,21,22,26). The Kier molecular flexibility index (Phi) is 4.26. The molecule has 3 aromatic heterocycles. The second-order valence-corrected chi connectivity index (χ2v) is 6.72. The van der Waals surface area contributed by atoms with Crippen LogP contribution in [0.3, 0.4) is 0 Å². The van der Waals surface area contributed by atoms with Crippen LogP contribution in [-0.4, -0.2) is 57.3 Å². The maximum absolute atomic E-state index is 12.2. The molecule has 3 N–H and O–H groups in total. The average Bonchev–Trinajstić information content (AvgIpc) is 3.20. The van der Waals surface area contributed by atoms with Gasteiger partial charge in [-0.1, -0.05) is 0 Å². The number of carbonyl (C=O) groups is 1. The van der Waals surface area contributed by atoms with Crippen LogP contribution in [-0.2, 0) is 0 Å². The molecule has 0 spiro atoms. The van der Waals surface area contributed by atoms with Gasteiger partial charge in [0.15, 0.2) is 0 Å². The number of H-pyrrole nitrogens is 1. The molecule has 0 radical (unpaired) electrons. The van der Waals surface area contributed by atoms with Gasteiger partial charge in [0.25, 0.3) is 0 Å². The van der Waals surface area contributed by atoms with Gasteiger partial charge in [0.05, 0.1) is 5.52 Å². The summed E-state index contributed by atoms with van der Waals surface area (Å²) < 4.78 is 0. The molecule has 1 aliphatic rings. The van der Waals surface area contributed by atoms with E-state index in [0.29, 0.717) is 5.82 Å². The minimum atomic E-state index is -0.235. The van der Waals surface area contributed by atoms with E-state index in [1.807, 2.05) is 19.1 Å². The number of amides is 2. The van der Waals surface area contributed by atoms with Crippen molar-refractivity contribution in [2.75, 3.05) is 25.5 Å². The quantitative estimate of drug-likeness (QED) is 0.671. The number of anilines is 1. The first kappa shape index (κ1) is 16.5. The molecule has 0 saturated carbocycles. The molecule has 3 aromatic rings. The van der Waals surface area contributed by atoms with E-state index >= 15 is 0 Å². The van der Waals surface area contributed by atoms with Crippen molar-refractivity contribution < 1.29 is 4.79 Å². The van der Waals surface area contributed by atoms with E-state index in [1.165, 1.54) is 0 Å². The number of aromatic nitrogens is 4. The number of pyridine rings is 2. The molecular formula is C18H21N7O. The molecule has 1 saturated heterocycles. The summed E-state index contributed by atoms with van der Waals surface area (Å²) in [6.45, 7) is 3.81. The molecule has 4 heterocycles. The summed E-state index contributed by atoms with van der Waals surface area (Å²) in [4.78, 5) is 22.9. The van der Waals surface area contributed by atoms with Crippen LogP contribution in [0.5, 0.6) is 0 Å². The van der Waals surface area contributed by atoms with E-state index in [-0.39, 0.29) is 12.1 Å². The van der Waals surface area contributed by atoms with Gasteiger partial charge < -0.3 is 10.2 Å². The lowest BCUT2D eigenvalue weighted by Crippen LogP contribution is -2.39. The maximum Gasteiger partial charge on any atom is 0.320 e. The Bertz CT molecular complexity index is 952. The summed E-state index contributed by atoms with van der Waals surface area (Å²) in [5.41, 5.74) is 3.55. The molecule has 8 nitrogen and oxygen atoms in total. The van der Waals surface area contributed by atoms with Crippen molar-refractivity contribution >= 4 is 22.8 Å². The highest BCUT2D eigenvalue weighted by molar-refractivity contribution is 5.95. The second-order valence-electron chi connectivity index (χ2n) is 6.72. The molecule has 0 aliphatic carbocycles. The van der Waals surface area contributed by atoms with Gasteiger partial charge in [0.2, 0.25) is 0 Å². The number of urea groups is 1. The number of likely N-dealkylation sites (N-methyl/N-ethyl adjacent to an activating group) is 1. The van der Waals surface area contributed by atoms with Crippen molar-refractivity contribution in [1.29, 1.82) is 0 Å². The Labute approximate surface area is 151 Å². The van der Waals surface area contributed by atoms with Crippen molar-refractivity contribution in [3.05, 3.63) is 36.3 Å². The molecule has 1 fully saturated rings. The van der Waals surface area contributed by atoms with Gasteiger partial charge in [-0.2, -0.15) is 5.10 Å². The Morgan fingerprint density at radius 2 is 2.23 bits per heavy atom. The molecular weight excluding hydrogens is 330 g/mol. The molecule has 1 atom stereocenters.